The van der Waals surface area contributed by atoms with Gasteiger partial charge in [-0.3, -0.25) is 4.79 Å². The van der Waals surface area contributed by atoms with E-state index < -0.39 is 17.7 Å². The number of hydrogen-bond donors (Lipinski definition) is 2. The molecule has 0 spiro atoms. The SMILES string of the molecule is CN1CCC(C#N)(NC(=O)C(CC2CCCCC2)N/C(=N\C(=O)OCC2CCOC2)N2CCOCC2)CC1. The summed E-state index contributed by atoms with van der Waals surface area (Å²) in [6.45, 7) is 5.20. The van der Waals surface area contributed by atoms with Crippen LogP contribution in [0.2, 0.25) is 0 Å². The number of ether oxygens (including phenoxy) is 3. The molecule has 3 saturated heterocycles. The van der Waals surface area contributed by atoms with E-state index in [2.05, 4.69) is 26.6 Å². The van der Waals surface area contributed by atoms with Gasteiger partial charge in [0.05, 0.1) is 32.5 Å². The molecule has 11 nitrogen and oxygen atoms in total. The molecule has 11 heteroatoms. The monoisotopic (exact) mass is 532 g/mol. The lowest BCUT2D eigenvalue weighted by Gasteiger charge is -2.38. The van der Waals surface area contributed by atoms with E-state index in [9.17, 15) is 14.9 Å². The van der Waals surface area contributed by atoms with Crippen molar-refractivity contribution in [3.05, 3.63) is 0 Å². The van der Waals surface area contributed by atoms with E-state index >= 15 is 0 Å². The van der Waals surface area contributed by atoms with Crippen LogP contribution in [0, 0.1) is 23.2 Å². The maximum Gasteiger partial charge on any atom is 0.436 e. The Kier molecular flexibility index (Phi) is 10.6. The van der Waals surface area contributed by atoms with E-state index in [0.717, 1.165) is 45.2 Å². The highest BCUT2D eigenvalue weighted by molar-refractivity contribution is 5.94. The third kappa shape index (κ3) is 8.29. The van der Waals surface area contributed by atoms with Crippen LogP contribution < -0.4 is 10.6 Å². The highest BCUT2D eigenvalue weighted by Gasteiger charge is 2.38. The molecule has 212 valence electrons. The summed E-state index contributed by atoms with van der Waals surface area (Å²) in [5.41, 5.74) is -0.880. The van der Waals surface area contributed by atoms with E-state index in [1.165, 1.54) is 6.42 Å². The van der Waals surface area contributed by atoms with Gasteiger partial charge in [0.25, 0.3) is 0 Å². The van der Waals surface area contributed by atoms with Crippen LogP contribution in [0.25, 0.3) is 0 Å². The maximum atomic E-state index is 13.8. The molecule has 4 aliphatic rings. The number of guanidine groups is 1. The van der Waals surface area contributed by atoms with Gasteiger partial charge in [-0.25, -0.2) is 4.79 Å². The number of nitriles is 1. The average Bonchev–Trinajstić information content (AvgIpc) is 3.47. The molecule has 38 heavy (non-hydrogen) atoms. The second-order valence-corrected chi connectivity index (χ2v) is 11.3. The maximum absolute atomic E-state index is 13.8. The molecule has 0 aromatic carbocycles. The number of likely N-dealkylation sites (tertiary alicyclic amines) is 1. The fourth-order valence-electron chi connectivity index (χ4n) is 5.72. The van der Waals surface area contributed by atoms with Crippen LogP contribution in [0.3, 0.4) is 0 Å². The average molecular weight is 533 g/mol. The van der Waals surface area contributed by atoms with Gasteiger partial charge in [0.15, 0.2) is 0 Å². The van der Waals surface area contributed by atoms with Gasteiger partial charge in [-0.1, -0.05) is 32.1 Å². The molecule has 2 N–H and O–H groups in total. The number of amides is 2. The number of nitrogens with zero attached hydrogens (tertiary/aromatic N) is 4. The summed E-state index contributed by atoms with van der Waals surface area (Å²) in [5.74, 6) is 0.726. The Balaban J connectivity index is 1.49. The normalized spacial score (nSPS) is 25.8. The van der Waals surface area contributed by atoms with Crippen LogP contribution in [-0.4, -0.2) is 106 Å². The lowest BCUT2D eigenvalue weighted by atomic mass is 9.84. The second-order valence-electron chi connectivity index (χ2n) is 11.3. The van der Waals surface area contributed by atoms with Gasteiger partial charge in [0, 0.05) is 38.7 Å². The summed E-state index contributed by atoms with van der Waals surface area (Å²) >= 11 is 0. The Morgan fingerprint density at radius 3 is 2.45 bits per heavy atom. The van der Waals surface area contributed by atoms with Crippen LogP contribution in [0.5, 0.6) is 0 Å². The Bertz CT molecular complexity index is 851. The van der Waals surface area contributed by atoms with Gasteiger partial charge in [-0.2, -0.15) is 5.26 Å². The minimum Gasteiger partial charge on any atom is -0.447 e. The Morgan fingerprint density at radius 2 is 1.79 bits per heavy atom. The summed E-state index contributed by atoms with van der Waals surface area (Å²) in [6.07, 6.45) is 7.70. The van der Waals surface area contributed by atoms with Gasteiger partial charge in [0.2, 0.25) is 11.9 Å². The number of aliphatic imine (C=N–C) groups is 1. The summed E-state index contributed by atoms with van der Waals surface area (Å²) in [7, 11) is 2.03. The standard InChI is InChI=1S/C27H44N6O5/c1-32-10-8-27(20-28,9-11-32)31-24(34)23(17-21-5-3-2-4-6-21)29-25(33-12-15-36-16-13-33)30-26(35)38-19-22-7-14-37-18-22/h21-23H,2-19H2,1H3,(H,31,34)(H,29,30,35). The zero-order chi connectivity index (χ0) is 26.8. The zero-order valence-electron chi connectivity index (χ0n) is 22.8. The Morgan fingerprint density at radius 1 is 1.05 bits per heavy atom. The van der Waals surface area contributed by atoms with Crippen molar-refractivity contribution < 1.29 is 23.8 Å². The second kappa shape index (κ2) is 14.1. The zero-order valence-corrected chi connectivity index (χ0v) is 22.8. The van der Waals surface area contributed by atoms with Crippen molar-refractivity contribution in [2.45, 2.75) is 69.4 Å². The molecular weight excluding hydrogens is 488 g/mol. The molecule has 0 bridgehead atoms. The van der Waals surface area contributed by atoms with Gasteiger partial charge in [-0.05, 0) is 38.6 Å². The lowest BCUT2D eigenvalue weighted by molar-refractivity contribution is -0.125. The highest BCUT2D eigenvalue weighted by atomic mass is 16.6. The molecular formula is C27H44N6O5. The quantitative estimate of drug-likeness (QED) is 0.373. The van der Waals surface area contributed by atoms with Gasteiger partial charge in [-0.15, -0.1) is 4.99 Å². The molecule has 0 aromatic heterocycles. The van der Waals surface area contributed by atoms with E-state index in [0.29, 0.717) is 70.7 Å². The number of morpholine rings is 1. The van der Waals surface area contributed by atoms with E-state index in [1.807, 2.05) is 11.9 Å². The van der Waals surface area contributed by atoms with E-state index in [4.69, 9.17) is 14.2 Å². The molecule has 3 aliphatic heterocycles. The molecule has 1 aliphatic carbocycles. The fourth-order valence-corrected chi connectivity index (χ4v) is 5.72. The van der Waals surface area contributed by atoms with Crippen LogP contribution in [0.1, 0.15) is 57.8 Å². The third-order valence-electron chi connectivity index (χ3n) is 8.31. The van der Waals surface area contributed by atoms with Crippen molar-refractivity contribution in [1.29, 1.82) is 5.26 Å². The number of hydrogen-bond acceptors (Lipinski definition) is 7. The molecule has 0 aromatic rings. The van der Waals surface area contributed by atoms with E-state index in [1.54, 1.807) is 0 Å². The van der Waals surface area contributed by atoms with Crippen LogP contribution in [0.15, 0.2) is 4.99 Å². The largest absolute Gasteiger partial charge is 0.447 e. The van der Waals surface area contributed by atoms with Gasteiger partial charge >= 0.3 is 6.09 Å². The summed E-state index contributed by atoms with van der Waals surface area (Å²) in [4.78, 5) is 34.9. The first-order chi connectivity index (χ1) is 18.5. The fraction of sp³-hybridized carbons (Fsp3) is 0.852. The van der Waals surface area contributed by atoms with Crippen molar-refractivity contribution in [3.8, 4) is 6.07 Å². The van der Waals surface area contributed by atoms with Gasteiger partial charge < -0.3 is 34.6 Å². The van der Waals surface area contributed by atoms with E-state index in [-0.39, 0.29) is 18.4 Å². The van der Waals surface area contributed by atoms with Crippen LogP contribution >= 0.6 is 0 Å². The van der Waals surface area contributed by atoms with Crippen LogP contribution in [0.4, 0.5) is 4.79 Å². The summed E-state index contributed by atoms with van der Waals surface area (Å²) in [5, 5.41) is 16.4. The van der Waals surface area contributed by atoms with Crippen LogP contribution in [-0.2, 0) is 19.0 Å². The van der Waals surface area contributed by atoms with Gasteiger partial charge in [0.1, 0.15) is 11.6 Å². The number of piperidine rings is 1. The predicted molar refractivity (Wildman–Crippen MR) is 141 cm³/mol. The number of carbonyl (C=O) groups excluding carboxylic acids is 2. The minimum absolute atomic E-state index is 0.190. The summed E-state index contributed by atoms with van der Waals surface area (Å²) < 4.78 is 16.3. The highest BCUT2D eigenvalue weighted by Crippen LogP contribution is 2.28. The first-order valence-electron chi connectivity index (χ1n) is 14.3. The topological polar surface area (TPSA) is 129 Å². The molecule has 3 heterocycles. The molecule has 0 radical (unpaired) electrons. The Hall–Kier alpha value is -2.42. The molecule has 1 saturated carbocycles. The number of nitrogens with one attached hydrogen (secondary N) is 2. The molecule has 2 atom stereocenters. The predicted octanol–water partition coefficient (Wildman–Crippen LogP) is 1.88. The first-order valence-corrected chi connectivity index (χ1v) is 14.3. The molecule has 4 fully saturated rings. The van der Waals surface area contributed by atoms with Crippen molar-refractivity contribution in [2.75, 3.05) is 66.3 Å². The van der Waals surface area contributed by atoms with Crippen molar-refractivity contribution in [1.82, 2.24) is 20.4 Å². The minimum atomic E-state index is -0.880. The number of rotatable bonds is 7. The van der Waals surface area contributed by atoms with Crippen molar-refractivity contribution in [3.63, 3.8) is 0 Å². The number of carbonyl (C=O) groups is 2. The molecule has 4 rings (SSSR count). The van der Waals surface area contributed by atoms with Crippen molar-refractivity contribution >= 4 is 18.0 Å². The lowest BCUT2D eigenvalue weighted by Crippen LogP contribution is -2.60. The summed E-state index contributed by atoms with van der Waals surface area (Å²) in [6, 6.07) is 1.78. The third-order valence-corrected chi connectivity index (χ3v) is 8.31. The molecule has 2 amide bonds. The first kappa shape index (κ1) is 28.6. The molecule has 2 unspecified atom stereocenters. The smallest absolute Gasteiger partial charge is 0.436 e. The Labute approximate surface area is 226 Å². The van der Waals surface area contributed by atoms with Crippen molar-refractivity contribution in [2.24, 2.45) is 16.8 Å².